The minimum Gasteiger partial charge on any atom is -0.454 e. The van der Waals surface area contributed by atoms with E-state index in [1.54, 1.807) is 4.68 Å². The second-order valence-electron chi connectivity index (χ2n) is 4.38. The highest BCUT2D eigenvalue weighted by Gasteiger charge is 2.15. The van der Waals surface area contributed by atoms with Crippen LogP contribution in [-0.4, -0.2) is 16.6 Å². The third-order valence-corrected chi connectivity index (χ3v) is 2.98. The number of nitrogens with one attached hydrogen (secondary N) is 1. The smallest absolute Gasteiger partial charge is 0.231 e. The summed E-state index contributed by atoms with van der Waals surface area (Å²) in [5.41, 5.74) is 2.16. The molecule has 0 aliphatic carbocycles. The highest BCUT2D eigenvalue weighted by molar-refractivity contribution is 5.48. The molecule has 2 aromatic rings. The van der Waals surface area contributed by atoms with Gasteiger partial charge < -0.3 is 14.8 Å². The van der Waals surface area contributed by atoms with Gasteiger partial charge >= 0.3 is 0 Å². The van der Waals surface area contributed by atoms with E-state index >= 15 is 0 Å². The number of fused-ring (bicyclic) bond motifs is 1. The van der Waals surface area contributed by atoms with Crippen LogP contribution in [0.1, 0.15) is 18.5 Å². The third kappa shape index (κ3) is 1.99. The zero-order valence-corrected chi connectivity index (χ0v) is 10.4. The molecule has 18 heavy (non-hydrogen) atoms. The number of anilines is 1. The van der Waals surface area contributed by atoms with Crippen molar-refractivity contribution in [2.24, 2.45) is 7.05 Å². The summed E-state index contributed by atoms with van der Waals surface area (Å²) in [5, 5.41) is 7.52. The first-order valence-corrected chi connectivity index (χ1v) is 5.87. The van der Waals surface area contributed by atoms with Gasteiger partial charge in [0.15, 0.2) is 11.5 Å². The molecule has 1 aromatic heterocycles. The van der Waals surface area contributed by atoms with E-state index in [9.17, 15) is 0 Å². The van der Waals surface area contributed by atoms with Crippen LogP contribution in [0.3, 0.4) is 0 Å². The van der Waals surface area contributed by atoms with Crippen molar-refractivity contribution in [3.05, 3.63) is 36.2 Å². The van der Waals surface area contributed by atoms with Gasteiger partial charge in [0.25, 0.3) is 0 Å². The quantitative estimate of drug-likeness (QED) is 0.901. The Balaban J connectivity index is 1.78. The van der Waals surface area contributed by atoms with Crippen LogP contribution in [0.15, 0.2) is 30.6 Å². The number of rotatable bonds is 3. The molecule has 1 atom stereocenters. The van der Waals surface area contributed by atoms with Crippen LogP contribution in [0, 0.1) is 0 Å². The lowest BCUT2D eigenvalue weighted by molar-refractivity contribution is 0.174. The minimum absolute atomic E-state index is 0.184. The molecule has 3 rings (SSSR count). The van der Waals surface area contributed by atoms with Crippen LogP contribution in [0.5, 0.6) is 11.5 Å². The average Bonchev–Trinajstić information content (AvgIpc) is 2.96. The van der Waals surface area contributed by atoms with Gasteiger partial charge in [-0.3, -0.25) is 4.68 Å². The van der Waals surface area contributed by atoms with E-state index in [1.807, 2.05) is 37.6 Å². The largest absolute Gasteiger partial charge is 0.454 e. The van der Waals surface area contributed by atoms with Gasteiger partial charge in [0.1, 0.15) is 0 Å². The molecule has 94 valence electrons. The molecule has 1 aromatic carbocycles. The predicted octanol–water partition coefficient (Wildman–Crippen LogP) is 2.32. The highest BCUT2D eigenvalue weighted by Crippen LogP contribution is 2.34. The Labute approximate surface area is 105 Å². The monoisotopic (exact) mass is 245 g/mol. The molecular formula is C13H15N3O2. The third-order valence-electron chi connectivity index (χ3n) is 2.98. The Morgan fingerprint density at radius 1 is 1.33 bits per heavy atom. The molecule has 1 aliphatic rings. The molecule has 0 radical (unpaired) electrons. The fourth-order valence-corrected chi connectivity index (χ4v) is 2.01. The van der Waals surface area contributed by atoms with E-state index in [-0.39, 0.29) is 6.04 Å². The average molecular weight is 245 g/mol. The summed E-state index contributed by atoms with van der Waals surface area (Å²) in [6.07, 6.45) is 3.76. The Hall–Kier alpha value is -2.17. The van der Waals surface area contributed by atoms with Crippen LogP contribution < -0.4 is 14.8 Å². The van der Waals surface area contributed by atoms with Crippen molar-refractivity contribution in [3.8, 4) is 11.5 Å². The van der Waals surface area contributed by atoms with Gasteiger partial charge in [0.05, 0.1) is 11.9 Å². The van der Waals surface area contributed by atoms with Crippen LogP contribution in [-0.2, 0) is 7.05 Å². The van der Waals surface area contributed by atoms with E-state index in [0.717, 1.165) is 22.7 Å². The molecule has 0 fully saturated rings. The summed E-state index contributed by atoms with van der Waals surface area (Å²) in [6.45, 7) is 2.41. The lowest BCUT2D eigenvalue weighted by atomic mass is 10.1. The topological polar surface area (TPSA) is 48.3 Å². The normalized spacial score (nSPS) is 14.6. The van der Waals surface area contributed by atoms with Crippen LogP contribution >= 0.6 is 0 Å². The first-order chi connectivity index (χ1) is 8.72. The maximum Gasteiger partial charge on any atom is 0.231 e. The van der Waals surface area contributed by atoms with E-state index in [4.69, 9.17) is 9.47 Å². The van der Waals surface area contributed by atoms with Crippen LogP contribution in [0.25, 0.3) is 0 Å². The zero-order chi connectivity index (χ0) is 12.5. The minimum atomic E-state index is 0.184. The lowest BCUT2D eigenvalue weighted by Gasteiger charge is -2.14. The van der Waals surface area contributed by atoms with Crippen molar-refractivity contribution in [1.82, 2.24) is 9.78 Å². The van der Waals surface area contributed by atoms with Gasteiger partial charge in [-0.2, -0.15) is 5.10 Å². The summed E-state index contributed by atoms with van der Waals surface area (Å²) in [4.78, 5) is 0. The van der Waals surface area contributed by atoms with Gasteiger partial charge in [-0.1, -0.05) is 6.07 Å². The fraction of sp³-hybridized carbons (Fsp3) is 0.308. The highest BCUT2D eigenvalue weighted by atomic mass is 16.7. The predicted molar refractivity (Wildman–Crippen MR) is 67.8 cm³/mol. The Bertz CT molecular complexity index is 565. The van der Waals surface area contributed by atoms with E-state index in [0.29, 0.717) is 6.79 Å². The molecule has 0 spiro atoms. The van der Waals surface area contributed by atoms with Gasteiger partial charge in [0.2, 0.25) is 6.79 Å². The number of ether oxygens (including phenoxy) is 2. The fourth-order valence-electron chi connectivity index (χ4n) is 2.01. The summed E-state index contributed by atoms with van der Waals surface area (Å²) in [6, 6.07) is 6.18. The van der Waals surface area contributed by atoms with Crippen molar-refractivity contribution in [2.45, 2.75) is 13.0 Å². The van der Waals surface area contributed by atoms with Gasteiger partial charge in [0, 0.05) is 19.3 Å². The second-order valence-corrected chi connectivity index (χ2v) is 4.38. The van der Waals surface area contributed by atoms with Crippen molar-refractivity contribution in [2.75, 3.05) is 12.1 Å². The summed E-state index contributed by atoms with van der Waals surface area (Å²) in [5.74, 6) is 1.62. The molecule has 5 nitrogen and oxygen atoms in total. The van der Waals surface area contributed by atoms with Crippen molar-refractivity contribution < 1.29 is 9.47 Å². The number of aryl methyl sites for hydroxylation is 1. The molecule has 0 saturated carbocycles. The van der Waals surface area contributed by atoms with Crippen molar-refractivity contribution in [1.29, 1.82) is 0 Å². The molecular weight excluding hydrogens is 230 g/mol. The van der Waals surface area contributed by atoms with Gasteiger partial charge in [-0.25, -0.2) is 0 Å². The Morgan fingerprint density at radius 2 is 2.17 bits per heavy atom. The Morgan fingerprint density at radius 3 is 2.94 bits per heavy atom. The SMILES string of the molecule is CC(Nc1cnn(C)c1)c1ccc2c(c1)OCO2. The summed E-state index contributed by atoms with van der Waals surface area (Å²) < 4.78 is 12.4. The van der Waals surface area contributed by atoms with E-state index < -0.39 is 0 Å². The van der Waals surface area contributed by atoms with Gasteiger partial charge in [-0.15, -0.1) is 0 Å². The summed E-state index contributed by atoms with van der Waals surface area (Å²) in [7, 11) is 1.90. The molecule has 0 bridgehead atoms. The Kier molecular flexibility index (Phi) is 2.59. The standard InChI is InChI=1S/C13H15N3O2/c1-9(15-11-6-14-16(2)7-11)10-3-4-12-13(5-10)18-8-17-12/h3-7,9,15H,8H2,1-2H3. The van der Waals surface area contributed by atoms with Crippen LogP contribution in [0.4, 0.5) is 5.69 Å². The molecule has 0 saturated heterocycles. The first kappa shape index (κ1) is 11.0. The molecule has 1 aliphatic heterocycles. The number of aromatic nitrogens is 2. The molecule has 5 heteroatoms. The van der Waals surface area contributed by atoms with Crippen molar-refractivity contribution in [3.63, 3.8) is 0 Å². The second kappa shape index (κ2) is 4.25. The van der Waals surface area contributed by atoms with Crippen molar-refractivity contribution >= 4 is 5.69 Å². The number of nitrogens with zero attached hydrogens (tertiary/aromatic N) is 2. The number of hydrogen-bond donors (Lipinski definition) is 1. The van der Waals surface area contributed by atoms with E-state index in [1.165, 1.54) is 0 Å². The number of hydrogen-bond acceptors (Lipinski definition) is 4. The number of benzene rings is 1. The molecule has 1 N–H and O–H groups in total. The van der Waals surface area contributed by atoms with Crippen LogP contribution in [0.2, 0.25) is 0 Å². The molecule has 1 unspecified atom stereocenters. The van der Waals surface area contributed by atoms with Gasteiger partial charge in [-0.05, 0) is 24.6 Å². The summed E-state index contributed by atoms with van der Waals surface area (Å²) >= 11 is 0. The zero-order valence-electron chi connectivity index (χ0n) is 10.4. The molecule has 0 amide bonds. The lowest BCUT2D eigenvalue weighted by Crippen LogP contribution is -2.05. The molecule has 2 heterocycles. The van der Waals surface area contributed by atoms with E-state index in [2.05, 4.69) is 17.3 Å². The maximum absolute atomic E-state index is 5.38. The first-order valence-electron chi connectivity index (χ1n) is 5.87. The maximum atomic E-state index is 5.38.